The molecule has 0 saturated carbocycles. The van der Waals surface area contributed by atoms with Crippen molar-refractivity contribution < 1.29 is 9.53 Å². The maximum absolute atomic E-state index is 11.2. The number of benzene rings is 1. The van der Waals surface area contributed by atoms with Crippen molar-refractivity contribution in [1.82, 2.24) is 0 Å². The van der Waals surface area contributed by atoms with Gasteiger partial charge in [-0.3, -0.25) is 0 Å². The van der Waals surface area contributed by atoms with Crippen molar-refractivity contribution in [2.45, 2.75) is 13.3 Å². The summed E-state index contributed by atoms with van der Waals surface area (Å²) in [5.74, 6) is -0.319. The van der Waals surface area contributed by atoms with Gasteiger partial charge in [0, 0.05) is 5.57 Å². The molecule has 1 aromatic rings. The van der Waals surface area contributed by atoms with E-state index >= 15 is 0 Å². The third-order valence-electron chi connectivity index (χ3n) is 2.04. The first-order valence-electron chi connectivity index (χ1n) is 5.30. The summed E-state index contributed by atoms with van der Waals surface area (Å²) >= 11 is 0. The molecule has 1 aromatic carbocycles. The summed E-state index contributed by atoms with van der Waals surface area (Å²) in [6.45, 7) is 5.85. The number of rotatable bonds is 5. The van der Waals surface area contributed by atoms with Crippen molar-refractivity contribution in [2.24, 2.45) is 0 Å². The van der Waals surface area contributed by atoms with E-state index in [1.165, 1.54) is 0 Å². The molecule has 0 saturated heterocycles. The Bertz CT molecular complexity index is 377. The van der Waals surface area contributed by atoms with Gasteiger partial charge < -0.3 is 4.74 Å². The molecule has 2 nitrogen and oxygen atoms in total. The summed E-state index contributed by atoms with van der Waals surface area (Å²) in [4.78, 5) is 11.2. The first kappa shape index (κ1) is 12.2. The maximum atomic E-state index is 11.2. The van der Waals surface area contributed by atoms with Crippen LogP contribution < -0.4 is 0 Å². The van der Waals surface area contributed by atoms with Gasteiger partial charge in [0.05, 0.1) is 6.61 Å². The fourth-order valence-corrected chi connectivity index (χ4v) is 1.22. The zero-order valence-corrected chi connectivity index (χ0v) is 9.48. The molecule has 0 bridgehead atoms. The van der Waals surface area contributed by atoms with Crippen LogP contribution >= 0.6 is 0 Å². The van der Waals surface area contributed by atoms with Crippen molar-refractivity contribution >= 4 is 12.0 Å². The minimum absolute atomic E-state index is 0.319. The smallest absolute Gasteiger partial charge is 0.333 e. The van der Waals surface area contributed by atoms with Crippen LogP contribution in [0.25, 0.3) is 6.08 Å². The largest absolute Gasteiger partial charge is 0.463 e. The minimum atomic E-state index is -0.319. The lowest BCUT2D eigenvalue weighted by atomic mass is 10.1. The summed E-state index contributed by atoms with van der Waals surface area (Å²) < 4.78 is 4.83. The van der Waals surface area contributed by atoms with Gasteiger partial charge in [-0.05, 0) is 18.9 Å². The van der Waals surface area contributed by atoms with Crippen LogP contribution in [0.5, 0.6) is 0 Å². The van der Waals surface area contributed by atoms with Crippen molar-refractivity contribution in [3.63, 3.8) is 0 Å². The number of esters is 1. The van der Waals surface area contributed by atoms with E-state index in [9.17, 15) is 4.79 Å². The third kappa shape index (κ3) is 4.13. The van der Waals surface area contributed by atoms with Crippen LogP contribution in [0.1, 0.15) is 18.9 Å². The second kappa shape index (κ2) is 6.62. The molecule has 0 aromatic heterocycles. The van der Waals surface area contributed by atoms with Gasteiger partial charge in [0.25, 0.3) is 0 Å². The molecule has 0 atom stereocenters. The monoisotopic (exact) mass is 216 g/mol. The summed E-state index contributed by atoms with van der Waals surface area (Å²) in [5, 5.41) is 0. The van der Waals surface area contributed by atoms with Gasteiger partial charge in [-0.1, -0.05) is 49.1 Å². The molecule has 1 rings (SSSR count). The van der Waals surface area contributed by atoms with Crippen LogP contribution in [0.4, 0.5) is 0 Å². The average Bonchev–Trinajstić information content (AvgIpc) is 2.30. The highest BCUT2D eigenvalue weighted by atomic mass is 16.5. The number of allylic oxidation sites excluding steroid dienone is 1. The highest BCUT2D eigenvalue weighted by Crippen LogP contribution is 2.06. The Labute approximate surface area is 96.2 Å². The van der Waals surface area contributed by atoms with E-state index in [1.807, 2.05) is 42.5 Å². The van der Waals surface area contributed by atoms with Crippen LogP contribution in [0.2, 0.25) is 0 Å². The van der Waals surface area contributed by atoms with Gasteiger partial charge >= 0.3 is 5.97 Å². The Morgan fingerprint density at radius 2 is 2.06 bits per heavy atom. The summed E-state index contributed by atoms with van der Waals surface area (Å²) in [6.07, 6.45) is 4.40. The van der Waals surface area contributed by atoms with E-state index in [-0.39, 0.29) is 5.97 Å². The topological polar surface area (TPSA) is 26.3 Å². The molecule has 0 radical (unpaired) electrons. The van der Waals surface area contributed by atoms with E-state index in [0.29, 0.717) is 18.6 Å². The molecular formula is C14H16O2. The Balaban J connectivity index is 2.43. The summed E-state index contributed by atoms with van der Waals surface area (Å²) in [5.41, 5.74) is 1.59. The fourth-order valence-electron chi connectivity index (χ4n) is 1.22. The Hall–Kier alpha value is -1.83. The number of hydrogen-bond acceptors (Lipinski definition) is 2. The van der Waals surface area contributed by atoms with Gasteiger partial charge in [0.15, 0.2) is 0 Å². The zero-order valence-electron chi connectivity index (χ0n) is 9.48. The van der Waals surface area contributed by atoms with E-state index in [0.717, 1.165) is 5.56 Å². The number of hydrogen-bond donors (Lipinski definition) is 0. The SMILES string of the molecule is C=C(C/C=C/c1ccccc1)C(=O)OCC. The van der Waals surface area contributed by atoms with E-state index in [1.54, 1.807) is 6.92 Å². The van der Waals surface area contributed by atoms with Crippen molar-refractivity contribution in [1.29, 1.82) is 0 Å². The van der Waals surface area contributed by atoms with Gasteiger partial charge in [0.2, 0.25) is 0 Å². The second-order valence-electron chi connectivity index (χ2n) is 3.34. The Morgan fingerprint density at radius 3 is 2.69 bits per heavy atom. The minimum Gasteiger partial charge on any atom is -0.463 e. The molecule has 0 N–H and O–H groups in total. The van der Waals surface area contributed by atoms with Gasteiger partial charge in [-0.25, -0.2) is 4.79 Å². The first-order chi connectivity index (χ1) is 7.74. The molecule has 0 fully saturated rings. The molecule has 84 valence electrons. The lowest BCUT2D eigenvalue weighted by molar-refractivity contribution is -0.138. The normalized spacial score (nSPS) is 10.3. The van der Waals surface area contributed by atoms with Crippen molar-refractivity contribution in [3.8, 4) is 0 Å². The van der Waals surface area contributed by atoms with Crippen molar-refractivity contribution in [2.75, 3.05) is 6.61 Å². The van der Waals surface area contributed by atoms with E-state index in [4.69, 9.17) is 4.74 Å². The number of carbonyl (C=O) groups is 1. The first-order valence-corrected chi connectivity index (χ1v) is 5.30. The molecule has 0 unspecified atom stereocenters. The lowest BCUT2D eigenvalue weighted by Gasteiger charge is -2.01. The Morgan fingerprint density at radius 1 is 1.38 bits per heavy atom. The highest BCUT2D eigenvalue weighted by molar-refractivity contribution is 5.88. The maximum Gasteiger partial charge on any atom is 0.333 e. The molecule has 0 spiro atoms. The standard InChI is InChI=1S/C14H16O2/c1-3-16-14(15)12(2)8-7-11-13-9-5-4-6-10-13/h4-7,9-11H,2-3,8H2,1H3/b11-7+. The predicted octanol–water partition coefficient (Wildman–Crippen LogP) is 3.21. The molecule has 0 amide bonds. The fraction of sp³-hybridized carbons (Fsp3) is 0.214. The zero-order chi connectivity index (χ0) is 11.8. The van der Waals surface area contributed by atoms with Crippen LogP contribution in [-0.2, 0) is 9.53 Å². The summed E-state index contributed by atoms with van der Waals surface area (Å²) in [7, 11) is 0. The van der Waals surface area contributed by atoms with Crippen LogP contribution in [0.15, 0.2) is 48.6 Å². The molecule has 16 heavy (non-hydrogen) atoms. The summed E-state index contributed by atoms with van der Waals surface area (Å²) in [6, 6.07) is 9.92. The molecule has 2 heteroatoms. The Kier molecular flexibility index (Phi) is 5.06. The quantitative estimate of drug-likeness (QED) is 0.558. The number of ether oxygens (including phenoxy) is 1. The number of carbonyl (C=O) groups excluding carboxylic acids is 1. The van der Waals surface area contributed by atoms with Crippen LogP contribution in [-0.4, -0.2) is 12.6 Å². The molecule has 0 heterocycles. The van der Waals surface area contributed by atoms with Crippen LogP contribution in [0.3, 0.4) is 0 Å². The van der Waals surface area contributed by atoms with Gasteiger partial charge in [-0.15, -0.1) is 0 Å². The van der Waals surface area contributed by atoms with Gasteiger partial charge in [-0.2, -0.15) is 0 Å². The van der Waals surface area contributed by atoms with E-state index in [2.05, 4.69) is 6.58 Å². The third-order valence-corrected chi connectivity index (χ3v) is 2.04. The van der Waals surface area contributed by atoms with Gasteiger partial charge in [0.1, 0.15) is 0 Å². The lowest BCUT2D eigenvalue weighted by Crippen LogP contribution is -2.05. The molecule has 0 aliphatic heterocycles. The van der Waals surface area contributed by atoms with Crippen LogP contribution in [0, 0.1) is 0 Å². The highest BCUT2D eigenvalue weighted by Gasteiger charge is 2.04. The molecule has 0 aliphatic rings. The van der Waals surface area contributed by atoms with Crippen molar-refractivity contribution in [3.05, 3.63) is 54.1 Å². The average molecular weight is 216 g/mol. The second-order valence-corrected chi connectivity index (χ2v) is 3.34. The predicted molar refractivity (Wildman–Crippen MR) is 65.9 cm³/mol. The van der Waals surface area contributed by atoms with E-state index < -0.39 is 0 Å². The molecular weight excluding hydrogens is 200 g/mol. The molecule has 0 aliphatic carbocycles.